The van der Waals surface area contributed by atoms with Gasteiger partial charge in [-0.2, -0.15) is 0 Å². The van der Waals surface area contributed by atoms with Crippen LogP contribution in [0.1, 0.15) is 12.8 Å². The van der Waals surface area contributed by atoms with E-state index in [-0.39, 0.29) is 12.0 Å². The Hall–Kier alpha value is -2.43. The van der Waals surface area contributed by atoms with Crippen molar-refractivity contribution in [3.8, 4) is 17.4 Å². The largest absolute Gasteiger partial charge is 0.493 e. The van der Waals surface area contributed by atoms with E-state index in [4.69, 9.17) is 9.47 Å². The summed E-state index contributed by atoms with van der Waals surface area (Å²) in [4.78, 5) is 5.90. The lowest BCUT2D eigenvalue weighted by Crippen LogP contribution is -2.38. The summed E-state index contributed by atoms with van der Waals surface area (Å²) in [6, 6.07) is 11.3. The Morgan fingerprint density at radius 2 is 1.82 bits per heavy atom. The number of hydrogen-bond acceptors (Lipinski definition) is 4. The number of methoxy groups -OCH3 is 1. The van der Waals surface area contributed by atoms with E-state index in [1.54, 1.807) is 13.2 Å². The van der Waals surface area contributed by atoms with E-state index in [0.717, 1.165) is 37.4 Å². The van der Waals surface area contributed by atoms with E-state index in [1.165, 1.54) is 6.20 Å². The molecule has 115 valence electrons. The number of ether oxygens (including phenoxy) is 2. The fraction of sp³-hybridized carbons (Fsp3) is 0.353. The lowest BCUT2D eigenvalue weighted by atomic mass is 10.1. The summed E-state index contributed by atoms with van der Waals surface area (Å²) in [5.41, 5.74) is 0.679. The van der Waals surface area contributed by atoms with E-state index in [2.05, 4.69) is 9.88 Å². The number of anilines is 1. The van der Waals surface area contributed by atoms with Crippen molar-refractivity contribution >= 4 is 5.69 Å². The number of para-hydroxylation sites is 2. The van der Waals surface area contributed by atoms with Gasteiger partial charge in [0.15, 0.2) is 11.5 Å². The summed E-state index contributed by atoms with van der Waals surface area (Å²) >= 11 is 0. The van der Waals surface area contributed by atoms with Crippen molar-refractivity contribution in [2.75, 3.05) is 25.1 Å². The SMILES string of the molecule is COc1ccccc1OC1CCN(c2cccnc2[O])CC1. The summed E-state index contributed by atoms with van der Waals surface area (Å²) in [6.45, 7) is 1.58. The van der Waals surface area contributed by atoms with E-state index < -0.39 is 0 Å². The third-order valence-electron chi connectivity index (χ3n) is 3.90. The summed E-state index contributed by atoms with van der Waals surface area (Å²) < 4.78 is 11.4. The van der Waals surface area contributed by atoms with Crippen LogP contribution in [0.2, 0.25) is 0 Å². The standard InChI is InChI=1S/C17H19N2O3/c1-21-15-6-2-3-7-16(15)22-13-8-11-19(12-9-13)14-5-4-10-18-17(14)20/h2-7,10,13H,8-9,11-12H2,1H3. The van der Waals surface area contributed by atoms with Crippen molar-refractivity contribution in [1.29, 1.82) is 0 Å². The van der Waals surface area contributed by atoms with Gasteiger partial charge in [0.25, 0.3) is 5.88 Å². The van der Waals surface area contributed by atoms with Gasteiger partial charge in [-0.05, 0) is 24.3 Å². The van der Waals surface area contributed by atoms with Gasteiger partial charge in [0.2, 0.25) is 0 Å². The Bertz CT molecular complexity index is 625. The minimum Gasteiger partial charge on any atom is -0.493 e. The van der Waals surface area contributed by atoms with Gasteiger partial charge in [-0.3, -0.25) is 5.11 Å². The van der Waals surface area contributed by atoms with Crippen LogP contribution in [0, 0.1) is 0 Å². The Morgan fingerprint density at radius 3 is 2.50 bits per heavy atom. The fourth-order valence-electron chi connectivity index (χ4n) is 2.73. The maximum absolute atomic E-state index is 11.8. The van der Waals surface area contributed by atoms with Gasteiger partial charge in [0, 0.05) is 32.1 Å². The number of hydrogen-bond donors (Lipinski definition) is 0. The number of pyridine rings is 1. The highest BCUT2D eigenvalue weighted by atomic mass is 16.5. The molecule has 0 unspecified atom stereocenters. The smallest absolute Gasteiger partial charge is 0.293 e. The third kappa shape index (κ3) is 3.08. The van der Waals surface area contributed by atoms with E-state index in [1.807, 2.05) is 30.3 Å². The van der Waals surface area contributed by atoms with Gasteiger partial charge in [0.1, 0.15) is 11.8 Å². The third-order valence-corrected chi connectivity index (χ3v) is 3.90. The Morgan fingerprint density at radius 1 is 1.09 bits per heavy atom. The molecule has 0 spiro atoms. The van der Waals surface area contributed by atoms with Crippen LogP contribution >= 0.6 is 0 Å². The number of nitrogens with zero attached hydrogens (tertiary/aromatic N) is 2. The highest BCUT2D eigenvalue weighted by Crippen LogP contribution is 2.31. The first kappa shape index (κ1) is 14.5. The second-order valence-corrected chi connectivity index (χ2v) is 5.28. The molecule has 0 saturated carbocycles. The molecule has 0 aliphatic carbocycles. The zero-order valence-corrected chi connectivity index (χ0v) is 12.6. The first-order chi connectivity index (χ1) is 10.8. The molecule has 2 heterocycles. The predicted octanol–water partition coefficient (Wildman–Crippen LogP) is 3.28. The molecule has 0 bridgehead atoms. The predicted molar refractivity (Wildman–Crippen MR) is 83.2 cm³/mol. The van der Waals surface area contributed by atoms with E-state index in [0.29, 0.717) is 5.69 Å². The Balaban J connectivity index is 1.61. The molecule has 1 radical (unpaired) electrons. The van der Waals surface area contributed by atoms with Crippen molar-refractivity contribution in [2.24, 2.45) is 0 Å². The van der Waals surface area contributed by atoms with Crippen LogP contribution in [0.3, 0.4) is 0 Å². The molecule has 5 heteroatoms. The maximum Gasteiger partial charge on any atom is 0.293 e. The summed E-state index contributed by atoms with van der Waals surface area (Å²) in [7, 11) is 1.64. The minimum atomic E-state index is -0.161. The molecular formula is C17H19N2O3. The number of piperidine rings is 1. The van der Waals surface area contributed by atoms with Gasteiger partial charge in [-0.15, -0.1) is 0 Å². The second-order valence-electron chi connectivity index (χ2n) is 5.28. The Labute approximate surface area is 130 Å². The molecule has 1 saturated heterocycles. The monoisotopic (exact) mass is 299 g/mol. The van der Waals surface area contributed by atoms with Gasteiger partial charge >= 0.3 is 0 Å². The van der Waals surface area contributed by atoms with Gasteiger partial charge in [0.05, 0.1) is 7.11 Å². The lowest BCUT2D eigenvalue weighted by Gasteiger charge is -2.33. The first-order valence-corrected chi connectivity index (χ1v) is 7.44. The average Bonchev–Trinajstić information content (AvgIpc) is 2.57. The molecule has 22 heavy (non-hydrogen) atoms. The second kappa shape index (κ2) is 6.56. The summed E-state index contributed by atoms with van der Waals surface area (Å²) in [5, 5.41) is 11.8. The van der Waals surface area contributed by atoms with E-state index in [9.17, 15) is 5.11 Å². The van der Waals surface area contributed by atoms with Crippen LogP contribution in [0.4, 0.5) is 5.69 Å². The molecular weight excluding hydrogens is 280 g/mol. The first-order valence-electron chi connectivity index (χ1n) is 7.44. The van der Waals surface area contributed by atoms with Crippen LogP contribution in [0.5, 0.6) is 17.4 Å². The van der Waals surface area contributed by atoms with Gasteiger partial charge in [-0.1, -0.05) is 12.1 Å². The van der Waals surface area contributed by atoms with E-state index >= 15 is 0 Å². The molecule has 0 N–H and O–H groups in total. The number of benzene rings is 1. The van der Waals surface area contributed by atoms with Crippen LogP contribution in [0.15, 0.2) is 42.6 Å². The van der Waals surface area contributed by atoms with Crippen molar-refractivity contribution < 1.29 is 14.6 Å². The molecule has 1 aromatic heterocycles. The van der Waals surface area contributed by atoms with Crippen molar-refractivity contribution in [1.82, 2.24) is 4.98 Å². The van der Waals surface area contributed by atoms with Crippen molar-refractivity contribution in [3.05, 3.63) is 42.6 Å². The molecule has 1 aromatic carbocycles. The quantitative estimate of drug-likeness (QED) is 0.869. The van der Waals surface area contributed by atoms with Crippen LogP contribution in [0.25, 0.3) is 0 Å². The summed E-state index contributed by atoms with van der Waals surface area (Å²) in [6.07, 6.45) is 3.40. The zero-order chi connectivity index (χ0) is 15.4. The fourth-order valence-corrected chi connectivity index (χ4v) is 2.73. The molecule has 2 aromatic rings. The molecule has 1 fully saturated rings. The van der Waals surface area contributed by atoms with Crippen LogP contribution in [-0.2, 0) is 5.11 Å². The maximum atomic E-state index is 11.8. The number of rotatable bonds is 4. The highest BCUT2D eigenvalue weighted by Gasteiger charge is 2.23. The van der Waals surface area contributed by atoms with Crippen LogP contribution < -0.4 is 14.4 Å². The molecule has 0 atom stereocenters. The Kier molecular flexibility index (Phi) is 4.32. The average molecular weight is 299 g/mol. The molecule has 5 nitrogen and oxygen atoms in total. The molecule has 1 aliphatic heterocycles. The van der Waals surface area contributed by atoms with Crippen molar-refractivity contribution in [3.63, 3.8) is 0 Å². The summed E-state index contributed by atoms with van der Waals surface area (Å²) in [5.74, 6) is 1.36. The van der Waals surface area contributed by atoms with Gasteiger partial charge in [-0.25, -0.2) is 4.98 Å². The van der Waals surface area contributed by atoms with Gasteiger partial charge < -0.3 is 14.4 Å². The molecule has 0 amide bonds. The molecule has 3 rings (SSSR count). The highest BCUT2D eigenvalue weighted by molar-refractivity contribution is 5.54. The number of aromatic nitrogens is 1. The van der Waals surface area contributed by atoms with Crippen molar-refractivity contribution in [2.45, 2.75) is 18.9 Å². The molecule has 1 aliphatic rings. The minimum absolute atomic E-state index is 0.138. The lowest BCUT2D eigenvalue weighted by molar-refractivity contribution is 0.164. The zero-order valence-electron chi connectivity index (χ0n) is 12.6. The topological polar surface area (TPSA) is 54.5 Å². The van der Waals surface area contributed by atoms with Crippen LogP contribution in [-0.4, -0.2) is 31.3 Å². The normalized spacial score (nSPS) is 15.6.